The van der Waals surface area contributed by atoms with E-state index in [4.69, 9.17) is 19.3 Å². The molecular formula is C17H22N3O5P. The number of piperidine rings is 1. The number of anilines is 1. The lowest BCUT2D eigenvalue weighted by molar-refractivity contribution is 0.172. The molecule has 1 saturated heterocycles. The van der Waals surface area contributed by atoms with Crippen molar-refractivity contribution in [3.8, 4) is 11.5 Å². The fraction of sp³-hybridized carbons (Fsp3) is 0.529. The Hall–Kier alpha value is -1.89. The lowest BCUT2D eigenvalue weighted by atomic mass is 9.94. The lowest BCUT2D eigenvalue weighted by Crippen LogP contribution is -2.34. The van der Waals surface area contributed by atoms with Crippen molar-refractivity contribution in [2.45, 2.75) is 19.3 Å². The van der Waals surface area contributed by atoms with Crippen LogP contribution in [0.4, 0.5) is 5.82 Å². The number of nitrogens with zero attached hydrogens (tertiary/aromatic N) is 3. The number of hydrogen-bond acceptors (Lipinski definition) is 6. The van der Waals surface area contributed by atoms with Gasteiger partial charge >= 0.3 is 7.60 Å². The Balaban J connectivity index is 1.52. The summed E-state index contributed by atoms with van der Waals surface area (Å²) in [5, 5.41) is 0.936. The fourth-order valence-corrected chi connectivity index (χ4v) is 4.32. The maximum atomic E-state index is 11.1. The van der Waals surface area contributed by atoms with Gasteiger partial charge in [-0.25, -0.2) is 9.97 Å². The third-order valence-electron chi connectivity index (χ3n) is 5.02. The van der Waals surface area contributed by atoms with Gasteiger partial charge in [-0.15, -0.1) is 0 Å². The van der Waals surface area contributed by atoms with Gasteiger partial charge in [0.2, 0.25) is 0 Å². The van der Waals surface area contributed by atoms with E-state index in [9.17, 15) is 4.57 Å². The van der Waals surface area contributed by atoms with Crippen molar-refractivity contribution < 1.29 is 23.8 Å². The number of fused-ring (bicyclic) bond motifs is 2. The van der Waals surface area contributed by atoms with Gasteiger partial charge in [0.25, 0.3) is 0 Å². The summed E-state index contributed by atoms with van der Waals surface area (Å²) in [5.74, 6) is 2.65. The highest BCUT2D eigenvalue weighted by molar-refractivity contribution is 7.51. The number of rotatable bonds is 4. The summed E-state index contributed by atoms with van der Waals surface area (Å²) < 4.78 is 22.4. The molecule has 0 radical (unpaired) electrons. The zero-order chi connectivity index (χ0) is 18.1. The molecule has 0 bridgehead atoms. The molecule has 1 aromatic carbocycles. The van der Waals surface area contributed by atoms with Crippen molar-refractivity contribution in [1.29, 1.82) is 0 Å². The Kier molecular flexibility index (Phi) is 4.73. The molecule has 0 spiro atoms. The minimum Gasteiger partial charge on any atom is -0.486 e. The van der Waals surface area contributed by atoms with Gasteiger partial charge < -0.3 is 24.2 Å². The predicted molar refractivity (Wildman–Crippen MR) is 97.0 cm³/mol. The Morgan fingerprint density at radius 3 is 2.50 bits per heavy atom. The predicted octanol–water partition coefficient (Wildman–Crippen LogP) is 2.19. The van der Waals surface area contributed by atoms with E-state index in [1.165, 1.54) is 0 Å². The molecule has 9 heteroatoms. The van der Waals surface area contributed by atoms with E-state index in [1.54, 1.807) is 6.33 Å². The van der Waals surface area contributed by atoms with Crippen LogP contribution in [-0.2, 0) is 4.57 Å². The minimum absolute atomic E-state index is 0.0302. The van der Waals surface area contributed by atoms with Crippen LogP contribution in [0, 0.1) is 5.92 Å². The summed E-state index contributed by atoms with van der Waals surface area (Å²) in [4.78, 5) is 29.2. The average molecular weight is 379 g/mol. The molecule has 1 fully saturated rings. The number of ether oxygens (including phenoxy) is 2. The highest BCUT2D eigenvalue weighted by Crippen LogP contribution is 2.39. The summed E-state index contributed by atoms with van der Waals surface area (Å²) in [5.41, 5.74) is 0.822. The van der Waals surface area contributed by atoms with Gasteiger partial charge in [-0.1, -0.05) is 0 Å². The van der Waals surface area contributed by atoms with Crippen LogP contribution in [0.1, 0.15) is 19.3 Å². The summed E-state index contributed by atoms with van der Waals surface area (Å²) >= 11 is 0. The summed E-state index contributed by atoms with van der Waals surface area (Å²) in [6, 6.07) is 3.83. The number of aromatic nitrogens is 2. The van der Waals surface area contributed by atoms with Crippen molar-refractivity contribution in [3.63, 3.8) is 0 Å². The van der Waals surface area contributed by atoms with E-state index >= 15 is 0 Å². The SMILES string of the molecule is O=P(O)(O)CCC1CCN(c2ncnc3cc4c(cc23)OCCO4)CC1. The van der Waals surface area contributed by atoms with Gasteiger partial charge in [0.1, 0.15) is 25.4 Å². The topological polar surface area (TPSA) is 105 Å². The molecule has 0 unspecified atom stereocenters. The van der Waals surface area contributed by atoms with Crippen molar-refractivity contribution in [2.24, 2.45) is 5.92 Å². The molecule has 2 aliphatic rings. The third-order valence-corrected chi connectivity index (χ3v) is 5.86. The second-order valence-electron chi connectivity index (χ2n) is 6.82. The zero-order valence-corrected chi connectivity index (χ0v) is 15.3. The Bertz CT molecular complexity index is 848. The molecule has 26 heavy (non-hydrogen) atoms. The van der Waals surface area contributed by atoms with E-state index in [1.807, 2.05) is 12.1 Å². The van der Waals surface area contributed by atoms with Crippen molar-refractivity contribution >= 4 is 24.3 Å². The summed E-state index contributed by atoms with van der Waals surface area (Å²) in [6.45, 7) is 2.70. The van der Waals surface area contributed by atoms with Gasteiger partial charge in [0.05, 0.1) is 11.7 Å². The molecule has 3 heterocycles. The lowest BCUT2D eigenvalue weighted by Gasteiger charge is -2.33. The third kappa shape index (κ3) is 3.77. The maximum Gasteiger partial charge on any atom is 0.325 e. The van der Waals surface area contributed by atoms with Crippen LogP contribution < -0.4 is 14.4 Å². The van der Waals surface area contributed by atoms with E-state index in [0.717, 1.165) is 48.4 Å². The Labute approximate surface area is 151 Å². The monoisotopic (exact) mass is 379 g/mol. The summed E-state index contributed by atoms with van der Waals surface area (Å²) in [6.07, 6.45) is 3.90. The van der Waals surface area contributed by atoms with E-state index in [2.05, 4.69) is 14.9 Å². The zero-order valence-electron chi connectivity index (χ0n) is 14.4. The smallest absolute Gasteiger partial charge is 0.325 e. The first-order chi connectivity index (χ1) is 12.5. The second kappa shape index (κ2) is 7.02. The largest absolute Gasteiger partial charge is 0.486 e. The molecule has 4 rings (SSSR count). The van der Waals surface area contributed by atoms with Crippen LogP contribution in [0.15, 0.2) is 18.5 Å². The molecule has 1 aromatic heterocycles. The molecule has 2 aliphatic heterocycles. The highest BCUT2D eigenvalue weighted by Gasteiger charge is 2.25. The summed E-state index contributed by atoms with van der Waals surface area (Å²) in [7, 11) is -3.91. The van der Waals surface area contributed by atoms with Crippen LogP contribution in [0.25, 0.3) is 10.9 Å². The molecule has 8 nitrogen and oxygen atoms in total. The number of benzene rings is 1. The quantitative estimate of drug-likeness (QED) is 0.779. The van der Waals surface area contributed by atoms with Gasteiger partial charge in [0.15, 0.2) is 11.5 Å². The van der Waals surface area contributed by atoms with E-state index < -0.39 is 7.60 Å². The molecule has 0 amide bonds. The first kappa shape index (κ1) is 17.5. The van der Waals surface area contributed by atoms with E-state index in [0.29, 0.717) is 31.3 Å². The van der Waals surface area contributed by atoms with Gasteiger partial charge in [-0.3, -0.25) is 4.57 Å². The first-order valence-corrected chi connectivity index (χ1v) is 10.6. The fourth-order valence-electron chi connectivity index (χ4n) is 3.62. The van der Waals surface area contributed by atoms with Gasteiger partial charge in [-0.05, 0) is 31.2 Å². The van der Waals surface area contributed by atoms with Crippen LogP contribution >= 0.6 is 7.60 Å². The maximum absolute atomic E-state index is 11.1. The molecule has 0 aliphatic carbocycles. The van der Waals surface area contributed by atoms with Crippen molar-refractivity contribution in [3.05, 3.63) is 18.5 Å². The van der Waals surface area contributed by atoms with Crippen LogP contribution in [0.2, 0.25) is 0 Å². The second-order valence-corrected chi connectivity index (χ2v) is 8.59. The van der Waals surface area contributed by atoms with Gasteiger partial charge in [0, 0.05) is 24.5 Å². The van der Waals surface area contributed by atoms with Crippen LogP contribution in [-0.4, -0.2) is 52.2 Å². The Morgan fingerprint density at radius 2 is 1.81 bits per heavy atom. The van der Waals surface area contributed by atoms with Gasteiger partial charge in [-0.2, -0.15) is 0 Å². The molecule has 0 atom stereocenters. The molecule has 2 aromatic rings. The van der Waals surface area contributed by atoms with Crippen molar-refractivity contribution in [2.75, 3.05) is 37.4 Å². The van der Waals surface area contributed by atoms with Crippen LogP contribution in [0.3, 0.4) is 0 Å². The van der Waals surface area contributed by atoms with Crippen molar-refractivity contribution in [1.82, 2.24) is 9.97 Å². The normalized spacial score (nSPS) is 18.3. The standard InChI is InChI=1S/C17H22N3O5P/c21-26(22,23)8-3-12-1-4-20(5-2-12)17-13-9-15-16(25-7-6-24-15)10-14(13)18-11-19-17/h9-12H,1-8H2,(H2,21,22,23). The minimum atomic E-state index is -3.91. The molecule has 0 saturated carbocycles. The van der Waals surface area contributed by atoms with E-state index in [-0.39, 0.29) is 6.16 Å². The molecule has 140 valence electrons. The van der Waals surface area contributed by atoms with Crippen LogP contribution in [0.5, 0.6) is 11.5 Å². The molecule has 2 N–H and O–H groups in total. The highest BCUT2D eigenvalue weighted by atomic mass is 31.2. The molecular weight excluding hydrogens is 357 g/mol. The number of hydrogen-bond donors (Lipinski definition) is 2. The average Bonchev–Trinajstić information content (AvgIpc) is 2.64. The first-order valence-electron chi connectivity index (χ1n) is 8.83. The Morgan fingerprint density at radius 1 is 1.12 bits per heavy atom.